The van der Waals surface area contributed by atoms with Gasteiger partial charge in [-0.1, -0.05) is 48.5 Å². The van der Waals surface area contributed by atoms with Crippen LogP contribution in [-0.2, 0) is 13.2 Å². The zero-order valence-electron chi connectivity index (χ0n) is 16.1. The molecule has 0 aliphatic heterocycles. The van der Waals surface area contributed by atoms with Gasteiger partial charge in [0.2, 0.25) is 0 Å². The monoisotopic (exact) mass is 425 g/mol. The Hall–Kier alpha value is -1.49. The first-order valence-electron chi connectivity index (χ1n) is 9.82. The van der Waals surface area contributed by atoms with Crippen LogP contribution in [0, 0.1) is 5.82 Å². The second-order valence-corrected chi connectivity index (χ2v) is 7.86. The summed E-state index contributed by atoms with van der Waals surface area (Å²) in [5.74, 6) is 0.557. The highest BCUT2D eigenvalue weighted by atomic mass is 35.5. The van der Waals surface area contributed by atoms with Crippen LogP contribution in [0.1, 0.15) is 50.2 Å². The summed E-state index contributed by atoms with van der Waals surface area (Å²) >= 11 is 12.6. The summed E-state index contributed by atoms with van der Waals surface area (Å²) in [6.07, 6.45) is 6.34. The van der Waals surface area contributed by atoms with E-state index >= 15 is 0 Å². The van der Waals surface area contributed by atoms with Crippen molar-refractivity contribution in [2.45, 2.75) is 58.2 Å². The number of ether oxygens (including phenoxy) is 2. The molecule has 28 heavy (non-hydrogen) atoms. The van der Waals surface area contributed by atoms with E-state index in [9.17, 15) is 4.39 Å². The highest BCUT2D eigenvalue weighted by Crippen LogP contribution is 2.38. The normalized spacial score (nSPS) is 14.9. The predicted octanol–water partition coefficient (Wildman–Crippen LogP) is 6.53. The molecule has 1 aliphatic carbocycles. The molecule has 2 aromatic carbocycles. The fourth-order valence-corrected chi connectivity index (χ4v) is 4.02. The molecule has 1 saturated carbocycles. The van der Waals surface area contributed by atoms with E-state index in [-0.39, 0.29) is 6.61 Å². The van der Waals surface area contributed by atoms with Crippen molar-refractivity contribution in [2.75, 3.05) is 6.61 Å². The van der Waals surface area contributed by atoms with Crippen LogP contribution in [0.25, 0.3) is 0 Å². The third kappa shape index (κ3) is 5.53. The molecule has 0 bridgehead atoms. The minimum absolute atomic E-state index is 0.0228. The lowest BCUT2D eigenvalue weighted by Gasteiger charge is -2.23. The Bertz CT molecular complexity index is 774. The van der Waals surface area contributed by atoms with Crippen molar-refractivity contribution >= 4 is 23.2 Å². The molecule has 2 aromatic rings. The van der Waals surface area contributed by atoms with E-state index in [4.69, 9.17) is 32.7 Å². The van der Waals surface area contributed by atoms with E-state index in [1.165, 1.54) is 38.2 Å². The number of rotatable bonds is 8. The Morgan fingerprint density at radius 2 is 1.86 bits per heavy atom. The average molecular weight is 426 g/mol. The molecular formula is C22H26Cl2FNO2. The van der Waals surface area contributed by atoms with E-state index in [1.807, 2.05) is 19.1 Å². The van der Waals surface area contributed by atoms with Gasteiger partial charge in [-0.05, 0) is 49.6 Å². The third-order valence-electron chi connectivity index (χ3n) is 4.99. The zero-order chi connectivity index (χ0) is 19.9. The van der Waals surface area contributed by atoms with Gasteiger partial charge in [-0.25, -0.2) is 4.39 Å². The molecule has 3 nitrogen and oxygen atoms in total. The van der Waals surface area contributed by atoms with Crippen LogP contribution in [0.5, 0.6) is 11.5 Å². The Labute approximate surface area is 176 Å². The van der Waals surface area contributed by atoms with Crippen molar-refractivity contribution in [3.8, 4) is 11.5 Å². The first-order valence-corrected chi connectivity index (χ1v) is 10.6. The van der Waals surface area contributed by atoms with Crippen LogP contribution in [0.2, 0.25) is 10.0 Å². The van der Waals surface area contributed by atoms with Gasteiger partial charge in [-0.15, -0.1) is 0 Å². The van der Waals surface area contributed by atoms with Crippen molar-refractivity contribution < 1.29 is 13.9 Å². The lowest BCUT2D eigenvalue weighted by molar-refractivity contribution is 0.265. The molecule has 0 amide bonds. The molecule has 1 fully saturated rings. The minimum Gasteiger partial charge on any atom is -0.490 e. The SMILES string of the molecule is CCOc1cc(CNC2CCCCC2)cc(Cl)c1OCc1c(F)cccc1Cl. The Balaban J connectivity index is 1.73. The maximum Gasteiger partial charge on any atom is 0.180 e. The molecule has 1 N–H and O–H groups in total. The number of hydrogen-bond donors (Lipinski definition) is 1. The number of nitrogens with one attached hydrogen (secondary N) is 1. The Morgan fingerprint density at radius 3 is 2.57 bits per heavy atom. The summed E-state index contributed by atoms with van der Waals surface area (Å²) in [5, 5.41) is 4.37. The second-order valence-electron chi connectivity index (χ2n) is 7.04. The van der Waals surface area contributed by atoms with Crippen LogP contribution >= 0.6 is 23.2 Å². The summed E-state index contributed by atoms with van der Waals surface area (Å²) < 4.78 is 25.6. The predicted molar refractivity (Wildman–Crippen MR) is 112 cm³/mol. The van der Waals surface area contributed by atoms with E-state index in [2.05, 4.69) is 5.32 Å². The number of benzene rings is 2. The molecule has 0 spiro atoms. The molecule has 6 heteroatoms. The molecule has 0 saturated heterocycles. The largest absolute Gasteiger partial charge is 0.490 e. The Kier molecular flexibility index (Phi) is 7.83. The van der Waals surface area contributed by atoms with E-state index in [0.29, 0.717) is 39.8 Å². The summed E-state index contributed by atoms with van der Waals surface area (Å²) in [7, 11) is 0. The lowest BCUT2D eigenvalue weighted by Crippen LogP contribution is -2.30. The summed E-state index contributed by atoms with van der Waals surface area (Å²) in [5.41, 5.74) is 1.33. The van der Waals surface area contributed by atoms with Gasteiger partial charge in [0.1, 0.15) is 12.4 Å². The van der Waals surface area contributed by atoms with Crippen molar-refractivity contribution in [3.63, 3.8) is 0 Å². The van der Waals surface area contributed by atoms with Crippen LogP contribution < -0.4 is 14.8 Å². The van der Waals surface area contributed by atoms with Crippen molar-refractivity contribution in [2.24, 2.45) is 0 Å². The van der Waals surface area contributed by atoms with Crippen LogP contribution in [0.4, 0.5) is 4.39 Å². The standard InChI is InChI=1S/C22H26Cl2FNO2/c1-2-27-21-12-15(13-26-16-7-4-3-5-8-16)11-19(24)22(21)28-14-17-18(23)9-6-10-20(17)25/h6,9-12,16,26H,2-5,7-8,13-14H2,1H3. The fraction of sp³-hybridized carbons (Fsp3) is 0.455. The van der Waals surface area contributed by atoms with Gasteiger partial charge >= 0.3 is 0 Å². The number of halogens is 3. The van der Waals surface area contributed by atoms with E-state index in [0.717, 1.165) is 12.1 Å². The van der Waals surface area contributed by atoms with Gasteiger partial charge in [0.25, 0.3) is 0 Å². The van der Waals surface area contributed by atoms with E-state index < -0.39 is 5.82 Å². The van der Waals surface area contributed by atoms with Crippen molar-refractivity contribution in [1.29, 1.82) is 0 Å². The molecule has 1 aliphatic rings. The third-order valence-corrected chi connectivity index (χ3v) is 5.63. The van der Waals surface area contributed by atoms with Crippen molar-refractivity contribution in [3.05, 3.63) is 57.3 Å². The first kappa shape index (κ1) is 21.2. The molecule has 3 rings (SSSR count). The maximum absolute atomic E-state index is 14.0. The van der Waals surface area contributed by atoms with Gasteiger partial charge in [0.05, 0.1) is 16.7 Å². The van der Waals surface area contributed by atoms with Gasteiger partial charge in [-0.2, -0.15) is 0 Å². The van der Waals surface area contributed by atoms with Crippen molar-refractivity contribution in [1.82, 2.24) is 5.32 Å². The highest BCUT2D eigenvalue weighted by molar-refractivity contribution is 6.32. The highest BCUT2D eigenvalue weighted by Gasteiger charge is 2.17. The second kappa shape index (κ2) is 10.3. The molecule has 0 radical (unpaired) electrons. The van der Waals surface area contributed by atoms with Crippen LogP contribution in [-0.4, -0.2) is 12.6 Å². The fourth-order valence-electron chi connectivity index (χ4n) is 3.51. The summed E-state index contributed by atoms with van der Waals surface area (Å²) in [6.45, 7) is 3.08. The Morgan fingerprint density at radius 1 is 1.07 bits per heavy atom. The molecule has 0 heterocycles. The molecular weight excluding hydrogens is 400 g/mol. The molecule has 0 atom stereocenters. The molecule has 0 unspecified atom stereocenters. The van der Waals surface area contributed by atoms with Gasteiger partial charge < -0.3 is 14.8 Å². The smallest absolute Gasteiger partial charge is 0.180 e. The molecule has 152 valence electrons. The maximum atomic E-state index is 14.0. The summed E-state index contributed by atoms with van der Waals surface area (Å²) in [6, 6.07) is 8.92. The topological polar surface area (TPSA) is 30.5 Å². The zero-order valence-corrected chi connectivity index (χ0v) is 17.6. The van der Waals surface area contributed by atoms with Gasteiger partial charge in [0, 0.05) is 18.2 Å². The quantitative estimate of drug-likeness (QED) is 0.521. The van der Waals surface area contributed by atoms with Crippen LogP contribution in [0.3, 0.4) is 0 Å². The summed E-state index contributed by atoms with van der Waals surface area (Å²) in [4.78, 5) is 0. The minimum atomic E-state index is -0.408. The number of hydrogen-bond acceptors (Lipinski definition) is 3. The van der Waals surface area contributed by atoms with E-state index in [1.54, 1.807) is 12.1 Å². The lowest BCUT2D eigenvalue weighted by atomic mass is 9.95. The molecule has 0 aromatic heterocycles. The van der Waals surface area contributed by atoms with Gasteiger partial charge in [0.15, 0.2) is 11.5 Å². The first-order chi connectivity index (χ1) is 13.6. The van der Waals surface area contributed by atoms with Gasteiger partial charge in [-0.3, -0.25) is 0 Å². The van der Waals surface area contributed by atoms with Crippen LogP contribution in [0.15, 0.2) is 30.3 Å². The average Bonchev–Trinajstić information content (AvgIpc) is 2.68.